The lowest BCUT2D eigenvalue weighted by Crippen LogP contribution is -2.35. The van der Waals surface area contributed by atoms with Gasteiger partial charge in [-0.15, -0.1) is 0 Å². The molecule has 0 aromatic carbocycles. The molecule has 3 nitrogen and oxygen atoms in total. The molecule has 1 fully saturated rings. The molecule has 4 heteroatoms. The Kier molecular flexibility index (Phi) is 3.85. The Morgan fingerprint density at radius 1 is 1.62 bits per heavy atom. The van der Waals surface area contributed by atoms with Gasteiger partial charge in [0.2, 0.25) is 0 Å². The molecule has 0 aliphatic heterocycles. The standard InChI is InChI=1S/C12H17FN2O/c1-16-8-12(9-4-5-9)15-7-11-10(13)3-2-6-14-11/h2-3,6,9,12,15H,4-5,7-8H2,1H3. The zero-order valence-corrected chi connectivity index (χ0v) is 9.45. The van der Waals surface area contributed by atoms with Crippen LogP contribution in [0.2, 0.25) is 0 Å². The third kappa shape index (κ3) is 3.00. The van der Waals surface area contributed by atoms with Gasteiger partial charge >= 0.3 is 0 Å². The van der Waals surface area contributed by atoms with Crippen molar-refractivity contribution in [1.29, 1.82) is 0 Å². The van der Waals surface area contributed by atoms with Gasteiger partial charge in [0, 0.05) is 25.9 Å². The molecule has 0 bridgehead atoms. The van der Waals surface area contributed by atoms with Crippen LogP contribution in [0.15, 0.2) is 18.3 Å². The molecule has 1 aliphatic carbocycles. The van der Waals surface area contributed by atoms with Gasteiger partial charge in [-0.2, -0.15) is 0 Å². The summed E-state index contributed by atoms with van der Waals surface area (Å²) in [6, 6.07) is 3.37. The summed E-state index contributed by atoms with van der Waals surface area (Å²) in [5.41, 5.74) is 0.476. The van der Waals surface area contributed by atoms with Crippen LogP contribution in [-0.4, -0.2) is 24.7 Å². The van der Waals surface area contributed by atoms with Crippen molar-refractivity contribution in [3.63, 3.8) is 0 Å². The quantitative estimate of drug-likeness (QED) is 0.799. The molecule has 16 heavy (non-hydrogen) atoms. The molecule has 0 radical (unpaired) electrons. The molecule has 1 heterocycles. The highest BCUT2D eigenvalue weighted by atomic mass is 19.1. The molecule has 0 amide bonds. The fraction of sp³-hybridized carbons (Fsp3) is 0.583. The minimum atomic E-state index is -0.248. The van der Waals surface area contributed by atoms with E-state index in [2.05, 4.69) is 10.3 Å². The topological polar surface area (TPSA) is 34.1 Å². The summed E-state index contributed by atoms with van der Waals surface area (Å²) in [6.07, 6.45) is 4.10. The molecular weight excluding hydrogens is 207 g/mol. The van der Waals surface area contributed by atoms with Gasteiger partial charge in [-0.1, -0.05) is 0 Å². The first-order chi connectivity index (χ1) is 7.81. The summed E-state index contributed by atoms with van der Waals surface area (Å²) >= 11 is 0. The molecule has 1 aromatic rings. The predicted octanol–water partition coefficient (Wildman–Crippen LogP) is 1.74. The van der Waals surface area contributed by atoms with E-state index in [9.17, 15) is 4.39 Å². The first kappa shape index (κ1) is 11.5. The van der Waals surface area contributed by atoms with Gasteiger partial charge in [0.05, 0.1) is 12.3 Å². The van der Waals surface area contributed by atoms with Crippen molar-refractivity contribution in [3.05, 3.63) is 29.8 Å². The highest BCUT2D eigenvalue weighted by molar-refractivity contribution is 5.07. The van der Waals surface area contributed by atoms with E-state index in [0.29, 0.717) is 30.8 Å². The Labute approximate surface area is 95.0 Å². The second kappa shape index (κ2) is 5.37. The van der Waals surface area contributed by atoms with Gasteiger partial charge in [0.1, 0.15) is 5.82 Å². The second-order valence-corrected chi connectivity index (χ2v) is 4.21. The summed E-state index contributed by atoms with van der Waals surface area (Å²) in [4.78, 5) is 4.01. The molecule has 0 spiro atoms. The SMILES string of the molecule is COCC(NCc1ncccc1F)C1CC1. The minimum Gasteiger partial charge on any atom is -0.383 e. The van der Waals surface area contributed by atoms with Crippen LogP contribution in [0.1, 0.15) is 18.5 Å². The molecule has 1 aromatic heterocycles. The van der Waals surface area contributed by atoms with Crippen molar-refractivity contribution in [3.8, 4) is 0 Å². The zero-order chi connectivity index (χ0) is 11.4. The van der Waals surface area contributed by atoms with Crippen LogP contribution < -0.4 is 5.32 Å². The van der Waals surface area contributed by atoms with Crippen molar-refractivity contribution < 1.29 is 9.13 Å². The van der Waals surface area contributed by atoms with Crippen LogP contribution >= 0.6 is 0 Å². The predicted molar refractivity (Wildman–Crippen MR) is 59.4 cm³/mol. The molecule has 1 unspecified atom stereocenters. The monoisotopic (exact) mass is 224 g/mol. The second-order valence-electron chi connectivity index (χ2n) is 4.21. The van der Waals surface area contributed by atoms with Crippen molar-refractivity contribution in [2.24, 2.45) is 5.92 Å². The summed E-state index contributed by atoms with van der Waals surface area (Å²) in [5.74, 6) is 0.439. The number of aromatic nitrogens is 1. The van der Waals surface area contributed by atoms with E-state index < -0.39 is 0 Å². The molecule has 88 valence electrons. The normalized spacial score (nSPS) is 17.4. The zero-order valence-electron chi connectivity index (χ0n) is 9.45. The van der Waals surface area contributed by atoms with E-state index in [4.69, 9.17) is 4.74 Å². The summed E-state index contributed by atoms with van der Waals surface area (Å²) in [6.45, 7) is 1.15. The largest absolute Gasteiger partial charge is 0.383 e. The number of nitrogens with zero attached hydrogens (tertiary/aromatic N) is 1. The van der Waals surface area contributed by atoms with Gasteiger partial charge in [-0.25, -0.2) is 4.39 Å². The summed E-state index contributed by atoms with van der Waals surface area (Å²) in [7, 11) is 1.69. The van der Waals surface area contributed by atoms with Crippen LogP contribution in [-0.2, 0) is 11.3 Å². The van der Waals surface area contributed by atoms with Crippen molar-refractivity contribution in [1.82, 2.24) is 10.3 Å². The van der Waals surface area contributed by atoms with Gasteiger partial charge in [-0.05, 0) is 30.9 Å². The molecule has 0 saturated heterocycles. The summed E-state index contributed by atoms with van der Waals surface area (Å²) in [5, 5.41) is 3.31. The fourth-order valence-corrected chi connectivity index (χ4v) is 1.82. The highest BCUT2D eigenvalue weighted by Gasteiger charge is 2.30. The van der Waals surface area contributed by atoms with E-state index >= 15 is 0 Å². The number of methoxy groups -OCH3 is 1. The van der Waals surface area contributed by atoms with Gasteiger partial charge in [0.15, 0.2) is 0 Å². The third-order valence-electron chi connectivity index (χ3n) is 2.90. The van der Waals surface area contributed by atoms with Crippen LogP contribution in [0, 0.1) is 11.7 Å². The maximum atomic E-state index is 13.3. The number of pyridine rings is 1. The summed E-state index contributed by atoms with van der Waals surface area (Å²) < 4.78 is 18.5. The lowest BCUT2D eigenvalue weighted by Gasteiger charge is -2.16. The number of rotatable bonds is 6. The highest BCUT2D eigenvalue weighted by Crippen LogP contribution is 2.32. The van der Waals surface area contributed by atoms with E-state index in [-0.39, 0.29) is 5.82 Å². The Morgan fingerprint density at radius 2 is 2.44 bits per heavy atom. The van der Waals surface area contributed by atoms with E-state index in [1.54, 1.807) is 19.4 Å². The van der Waals surface area contributed by atoms with Gasteiger partial charge in [0.25, 0.3) is 0 Å². The number of halogens is 1. The number of hydrogen-bond donors (Lipinski definition) is 1. The number of ether oxygens (including phenoxy) is 1. The Morgan fingerprint density at radius 3 is 3.06 bits per heavy atom. The Balaban J connectivity index is 1.87. The van der Waals surface area contributed by atoms with Crippen LogP contribution in [0.25, 0.3) is 0 Å². The van der Waals surface area contributed by atoms with E-state index in [0.717, 1.165) is 0 Å². The van der Waals surface area contributed by atoms with Gasteiger partial charge in [-0.3, -0.25) is 4.98 Å². The average Bonchev–Trinajstić information content (AvgIpc) is 3.10. The molecular formula is C12H17FN2O. The first-order valence-corrected chi connectivity index (χ1v) is 5.63. The molecule has 1 atom stereocenters. The van der Waals surface area contributed by atoms with E-state index in [1.807, 2.05) is 0 Å². The van der Waals surface area contributed by atoms with Crippen molar-refractivity contribution in [2.75, 3.05) is 13.7 Å². The van der Waals surface area contributed by atoms with Gasteiger partial charge < -0.3 is 10.1 Å². The third-order valence-corrected chi connectivity index (χ3v) is 2.90. The van der Waals surface area contributed by atoms with Crippen LogP contribution in [0.5, 0.6) is 0 Å². The average molecular weight is 224 g/mol. The van der Waals surface area contributed by atoms with Crippen molar-refractivity contribution in [2.45, 2.75) is 25.4 Å². The smallest absolute Gasteiger partial charge is 0.146 e. The molecule has 1 aliphatic rings. The minimum absolute atomic E-state index is 0.248. The Bertz CT molecular complexity index is 342. The van der Waals surface area contributed by atoms with E-state index in [1.165, 1.54) is 18.9 Å². The molecule has 1 N–H and O–H groups in total. The lowest BCUT2D eigenvalue weighted by molar-refractivity contribution is 0.156. The van der Waals surface area contributed by atoms with Crippen molar-refractivity contribution >= 4 is 0 Å². The van der Waals surface area contributed by atoms with Crippen LogP contribution in [0.4, 0.5) is 4.39 Å². The first-order valence-electron chi connectivity index (χ1n) is 5.63. The molecule has 2 rings (SSSR count). The lowest BCUT2D eigenvalue weighted by atomic mass is 10.2. The number of nitrogens with one attached hydrogen (secondary N) is 1. The maximum absolute atomic E-state index is 13.3. The number of hydrogen-bond acceptors (Lipinski definition) is 3. The Hall–Kier alpha value is -1.00. The molecule has 1 saturated carbocycles. The maximum Gasteiger partial charge on any atom is 0.146 e. The fourth-order valence-electron chi connectivity index (χ4n) is 1.82. The van der Waals surface area contributed by atoms with Crippen LogP contribution in [0.3, 0.4) is 0 Å².